The molecular weight excluding hydrogens is 355 g/mol. The number of nitro groups is 1. The Bertz CT molecular complexity index is 437. The Balaban J connectivity index is 2.91. The normalized spacial score (nSPS) is 14.1. The number of hydrogen-bond donors (Lipinski definition) is 1. The van der Waals surface area contributed by atoms with E-state index < -0.39 is 0 Å². The maximum atomic E-state index is 10.8. The molecule has 5 heteroatoms. The van der Waals surface area contributed by atoms with E-state index in [1.165, 1.54) is 5.56 Å². The van der Waals surface area contributed by atoms with Gasteiger partial charge in [0.25, 0.3) is 5.69 Å². The molecule has 0 spiro atoms. The molecule has 19 heavy (non-hydrogen) atoms. The Hall–Kier alpha value is -0.690. The van der Waals surface area contributed by atoms with Crippen LogP contribution in [0.15, 0.2) is 18.2 Å². The van der Waals surface area contributed by atoms with Crippen LogP contribution in [-0.2, 0) is 0 Å². The van der Waals surface area contributed by atoms with Gasteiger partial charge in [0.15, 0.2) is 0 Å². The van der Waals surface area contributed by atoms with Crippen LogP contribution in [-0.4, -0.2) is 17.5 Å². The van der Waals surface area contributed by atoms with E-state index in [4.69, 9.17) is 0 Å². The van der Waals surface area contributed by atoms with Crippen LogP contribution in [0.5, 0.6) is 0 Å². The van der Waals surface area contributed by atoms with Crippen molar-refractivity contribution < 1.29 is 4.92 Å². The second kappa shape index (κ2) is 7.79. The summed E-state index contributed by atoms with van der Waals surface area (Å²) in [5.41, 5.74) is 1.34. The Morgan fingerprint density at radius 1 is 1.42 bits per heavy atom. The zero-order chi connectivity index (χ0) is 14.4. The third-order valence-electron chi connectivity index (χ3n) is 3.39. The van der Waals surface area contributed by atoms with Crippen LogP contribution in [0.4, 0.5) is 5.69 Å². The minimum Gasteiger partial charge on any atom is -0.313 e. The zero-order valence-corrected chi connectivity index (χ0v) is 13.8. The first-order valence-corrected chi connectivity index (χ1v) is 7.76. The van der Waals surface area contributed by atoms with Crippen LogP contribution < -0.4 is 5.32 Å². The second-order valence-electron chi connectivity index (χ2n) is 4.72. The topological polar surface area (TPSA) is 55.2 Å². The molecule has 106 valence electrons. The summed E-state index contributed by atoms with van der Waals surface area (Å²) in [4.78, 5) is 10.4. The largest absolute Gasteiger partial charge is 0.313 e. The number of hydrogen-bond acceptors (Lipinski definition) is 3. The monoisotopic (exact) mass is 376 g/mol. The Labute approximate surface area is 128 Å². The van der Waals surface area contributed by atoms with Crippen LogP contribution >= 0.6 is 22.6 Å². The predicted octanol–water partition coefficient (Wildman–Crippen LogP) is 4.08. The fourth-order valence-corrected chi connectivity index (χ4v) is 3.21. The first kappa shape index (κ1) is 16.4. The van der Waals surface area contributed by atoms with E-state index in [9.17, 15) is 10.1 Å². The lowest BCUT2D eigenvalue weighted by atomic mass is 9.91. The van der Waals surface area contributed by atoms with E-state index in [1.54, 1.807) is 12.1 Å². The van der Waals surface area contributed by atoms with Gasteiger partial charge in [-0.1, -0.05) is 26.8 Å². The highest BCUT2D eigenvalue weighted by atomic mass is 127. The van der Waals surface area contributed by atoms with Crippen molar-refractivity contribution in [2.75, 3.05) is 6.54 Å². The minimum atomic E-state index is -0.344. The molecule has 2 atom stereocenters. The quantitative estimate of drug-likeness (QED) is 0.443. The number of halogens is 1. The van der Waals surface area contributed by atoms with E-state index in [0.717, 1.165) is 23.0 Å². The van der Waals surface area contributed by atoms with Gasteiger partial charge in [-0.15, -0.1) is 0 Å². The number of nitrogens with zero attached hydrogens (tertiary/aromatic N) is 1. The van der Waals surface area contributed by atoms with Crippen molar-refractivity contribution in [1.29, 1.82) is 0 Å². The maximum absolute atomic E-state index is 10.8. The highest BCUT2D eigenvalue weighted by Crippen LogP contribution is 2.28. The SMILES string of the molecule is CCCNC(CC)C(C)c1ccc([N+](=O)[O-])cc1I. The van der Waals surface area contributed by atoms with Gasteiger partial charge in [0.2, 0.25) is 0 Å². The summed E-state index contributed by atoms with van der Waals surface area (Å²) in [6, 6.07) is 5.55. The molecule has 4 nitrogen and oxygen atoms in total. The fraction of sp³-hybridized carbons (Fsp3) is 0.571. The molecule has 2 unspecified atom stereocenters. The summed E-state index contributed by atoms with van der Waals surface area (Å²) in [6.45, 7) is 7.51. The van der Waals surface area contributed by atoms with E-state index >= 15 is 0 Å². The third kappa shape index (κ3) is 4.42. The van der Waals surface area contributed by atoms with Gasteiger partial charge in [-0.05, 0) is 53.5 Å². The van der Waals surface area contributed by atoms with Crippen LogP contribution in [0, 0.1) is 13.7 Å². The van der Waals surface area contributed by atoms with Crippen molar-refractivity contribution in [3.8, 4) is 0 Å². The van der Waals surface area contributed by atoms with Crippen molar-refractivity contribution in [2.45, 2.75) is 45.6 Å². The molecule has 1 aromatic carbocycles. The molecule has 0 saturated heterocycles. The fourth-order valence-electron chi connectivity index (χ4n) is 2.22. The average Bonchev–Trinajstić information content (AvgIpc) is 2.39. The van der Waals surface area contributed by atoms with Gasteiger partial charge >= 0.3 is 0 Å². The highest BCUT2D eigenvalue weighted by molar-refractivity contribution is 14.1. The molecule has 0 saturated carbocycles. The second-order valence-corrected chi connectivity index (χ2v) is 5.88. The van der Waals surface area contributed by atoms with Gasteiger partial charge in [-0.25, -0.2) is 0 Å². The smallest absolute Gasteiger partial charge is 0.270 e. The van der Waals surface area contributed by atoms with Crippen molar-refractivity contribution in [3.05, 3.63) is 37.4 Å². The molecule has 1 rings (SSSR count). The van der Waals surface area contributed by atoms with E-state index in [1.807, 2.05) is 6.07 Å². The molecule has 0 amide bonds. The molecule has 0 aromatic heterocycles. The third-order valence-corrected chi connectivity index (χ3v) is 4.32. The molecule has 1 N–H and O–H groups in total. The van der Waals surface area contributed by atoms with Gasteiger partial charge in [0.1, 0.15) is 0 Å². The summed E-state index contributed by atoms with van der Waals surface area (Å²) >= 11 is 2.19. The van der Waals surface area contributed by atoms with Crippen molar-refractivity contribution in [2.24, 2.45) is 0 Å². The van der Waals surface area contributed by atoms with Gasteiger partial charge < -0.3 is 5.32 Å². The lowest BCUT2D eigenvalue weighted by Gasteiger charge is -2.25. The number of non-ortho nitro benzene ring substituents is 1. The summed E-state index contributed by atoms with van der Waals surface area (Å²) in [7, 11) is 0. The first-order chi connectivity index (χ1) is 9.01. The number of benzene rings is 1. The van der Waals surface area contributed by atoms with Crippen molar-refractivity contribution in [3.63, 3.8) is 0 Å². The molecule has 0 bridgehead atoms. The minimum absolute atomic E-state index is 0.162. The first-order valence-electron chi connectivity index (χ1n) is 6.68. The summed E-state index contributed by atoms with van der Waals surface area (Å²) in [5, 5.41) is 14.3. The summed E-state index contributed by atoms with van der Waals surface area (Å²) < 4.78 is 0.969. The molecule has 0 aliphatic carbocycles. The number of nitro benzene ring substituents is 1. The molecule has 0 fully saturated rings. The van der Waals surface area contributed by atoms with Crippen molar-refractivity contribution >= 4 is 28.3 Å². The molecule has 0 aliphatic rings. The lowest BCUT2D eigenvalue weighted by Crippen LogP contribution is -2.34. The number of nitrogens with one attached hydrogen (secondary N) is 1. The molecule has 0 radical (unpaired) electrons. The van der Waals surface area contributed by atoms with Gasteiger partial charge in [-0.2, -0.15) is 0 Å². The van der Waals surface area contributed by atoms with Crippen LogP contribution in [0.3, 0.4) is 0 Å². The van der Waals surface area contributed by atoms with E-state index in [0.29, 0.717) is 12.0 Å². The molecular formula is C14H21IN2O2. The Morgan fingerprint density at radius 3 is 2.58 bits per heavy atom. The summed E-state index contributed by atoms with van der Waals surface area (Å²) in [6.07, 6.45) is 2.16. The molecule has 0 heterocycles. The van der Waals surface area contributed by atoms with Crippen LogP contribution in [0.2, 0.25) is 0 Å². The molecule has 1 aromatic rings. The van der Waals surface area contributed by atoms with Crippen LogP contribution in [0.25, 0.3) is 0 Å². The highest BCUT2D eigenvalue weighted by Gasteiger charge is 2.20. The Kier molecular flexibility index (Phi) is 6.71. The van der Waals surface area contributed by atoms with Crippen molar-refractivity contribution in [1.82, 2.24) is 5.32 Å². The van der Waals surface area contributed by atoms with E-state index in [-0.39, 0.29) is 10.6 Å². The zero-order valence-electron chi connectivity index (χ0n) is 11.6. The average molecular weight is 376 g/mol. The maximum Gasteiger partial charge on any atom is 0.270 e. The standard InChI is InChI=1S/C14H21IN2O2/c1-4-8-16-14(5-2)10(3)12-7-6-11(17(18)19)9-13(12)15/h6-7,9-10,14,16H,4-5,8H2,1-3H3. The van der Waals surface area contributed by atoms with Gasteiger partial charge in [0.05, 0.1) is 4.92 Å². The van der Waals surface area contributed by atoms with Crippen LogP contribution in [0.1, 0.15) is 45.1 Å². The van der Waals surface area contributed by atoms with E-state index in [2.05, 4.69) is 48.7 Å². The predicted molar refractivity (Wildman–Crippen MR) is 86.6 cm³/mol. The number of rotatable bonds is 7. The van der Waals surface area contributed by atoms with Gasteiger partial charge in [-0.3, -0.25) is 10.1 Å². The lowest BCUT2D eigenvalue weighted by molar-refractivity contribution is -0.385. The Morgan fingerprint density at radius 2 is 2.11 bits per heavy atom. The summed E-state index contributed by atoms with van der Waals surface area (Å²) in [5.74, 6) is 0.351. The molecule has 0 aliphatic heterocycles. The van der Waals surface area contributed by atoms with Gasteiger partial charge in [0, 0.05) is 21.7 Å².